The van der Waals surface area contributed by atoms with Crippen molar-refractivity contribution in [2.75, 3.05) is 4.90 Å². The molecule has 9 heteroatoms. The maximum atomic E-state index is 13.3. The van der Waals surface area contributed by atoms with Crippen LogP contribution in [0.25, 0.3) is 0 Å². The number of benzene rings is 2. The molecule has 2 aliphatic rings. The van der Waals surface area contributed by atoms with Gasteiger partial charge in [-0.2, -0.15) is 4.31 Å². The molecule has 0 spiro atoms. The lowest BCUT2D eigenvalue weighted by Gasteiger charge is -2.26. The van der Waals surface area contributed by atoms with Crippen LogP contribution >= 0.6 is 31.9 Å². The molecule has 1 aliphatic heterocycles. The number of sulfonamides is 1. The Morgan fingerprint density at radius 2 is 1.43 bits per heavy atom. The first-order valence-corrected chi connectivity index (χ1v) is 11.7. The molecular weight excluding hydrogens is 512 g/mol. The Hall–Kier alpha value is -1.55. The summed E-state index contributed by atoms with van der Waals surface area (Å²) in [4.78, 5) is 26.9. The first kappa shape index (κ1) is 19.8. The van der Waals surface area contributed by atoms with Crippen LogP contribution in [0.4, 0.5) is 5.69 Å². The Morgan fingerprint density at radius 1 is 0.893 bits per heavy atom. The zero-order valence-electron chi connectivity index (χ0n) is 14.6. The number of carbonyl (C=O) groups excluding carboxylic acids is 2. The van der Waals surface area contributed by atoms with Crippen molar-refractivity contribution in [3.8, 4) is 0 Å². The van der Waals surface area contributed by atoms with E-state index >= 15 is 0 Å². The average Bonchev–Trinajstić information content (AvgIpc) is 3.43. The number of carbonyl (C=O) groups is 2. The second kappa shape index (κ2) is 7.37. The van der Waals surface area contributed by atoms with Gasteiger partial charge in [-0.15, -0.1) is 0 Å². The SMILES string of the molecule is O=C1CC(N(C2CC2)S(=O)(=O)c2ccc(Br)cc2)C(=O)N1c1ccc(Br)cc1. The number of hydrogen-bond acceptors (Lipinski definition) is 4. The molecule has 0 bridgehead atoms. The predicted molar refractivity (Wildman–Crippen MR) is 111 cm³/mol. The molecule has 28 heavy (non-hydrogen) atoms. The third-order valence-corrected chi connectivity index (χ3v) is 7.84. The summed E-state index contributed by atoms with van der Waals surface area (Å²) in [5.74, 6) is -0.895. The molecule has 4 rings (SSSR count). The van der Waals surface area contributed by atoms with Crippen LogP contribution in [0, 0.1) is 0 Å². The Bertz CT molecular complexity index is 1030. The van der Waals surface area contributed by atoms with Crippen LogP contribution in [0.5, 0.6) is 0 Å². The lowest BCUT2D eigenvalue weighted by Crippen LogP contribution is -2.46. The highest BCUT2D eigenvalue weighted by atomic mass is 79.9. The molecule has 6 nitrogen and oxygen atoms in total. The second-order valence-electron chi connectivity index (χ2n) is 6.78. The van der Waals surface area contributed by atoms with Gasteiger partial charge in [0, 0.05) is 15.0 Å². The van der Waals surface area contributed by atoms with E-state index in [1.165, 1.54) is 16.4 Å². The molecule has 2 aromatic rings. The van der Waals surface area contributed by atoms with E-state index in [9.17, 15) is 18.0 Å². The van der Waals surface area contributed by atoms with E-state index in [1.54, 1.807) is 36.4 Å². The van der Waals surface area contributed by atoms with Crippen LogP contribution in [0.15, 0.2) is 62.4 Å². The Kier molecular flexibility index (Phi) is 5.20. The van der Waals surface area contributed by atoms with Gasteiger partial charge in [-0.25, -0.2) is 13.3 Å². The summed E-state index contributed by atoms with van der Waals surface area (Å²) in [5, 5.41) is 0. The fourth-order valence-corrected chi connectivity index (χ4v) is 5.71. The lowest BCUT2D eigenvalue weighted by molar-refractivity contribution is -0.122. The van der Waals surface area contributed by atoms with E-state index in [-0.39, 0.29) is 17.4 Å². The monoisotopic (exact) mass is 526 g/mol. The smallest absolute Gasteiger partial charge is 0.252 e. The molecule has 2 amide bonds. The zero-order valence-corrected chi connectivity index (χ0v) is 18.6. The number of hydrogen-bond donors (Lipinski definition) is 0. The summed E-state index contributed by atoms with van der Waals surface area (Å²) < 4.78 is 29.4. The molecule has 1 atom stereocenters. The van der Waals surface area contributed by atoms with Crippen LogP contribution in [-0.2, 0) is 19.6 Å². The highest BCUT2D eigenvalue weighted by molar-refractivity contribution is 9.10. The van der Waals surface area contributed by atoms with Gasteiger partial charge in [0.15, 0.2) is 0 Å². The average molecular weight is 528 g/mol. The van der Waals surface area contributed by atoms with Crippen molar-refractivity contribution in [3.05, 3.63) is 57.5 Å². The minimum Gasteiger partial charge on any atom is -0.274 e. The number of anilines is 1. The molecule has 1 unspecified atom stereocenters. The van der Waals surface area contributed by atoms with Gasteiger partial charge in [0.1, 0.15) is 6.04 Å². The quantitative estimate of drug-likeness (QED) is 0.556. The van der Waals surface area contributed by atoms with Crippen LogP contribution < -0.4 is 4.90 Å². The molecule has 1 saturated carbocycles. The number of nitrogens with zero attached hydrogens (tertiary/aromatic N) is 2. The Balaban J connectivity index is 1.69. The highest BCUT2D eigenvalue weighted by Gasteiger charge is 2.51. The van der Waals surface area contributed by atoms with Crippen molar-refractivity contribution in [1.29, 1.82) is 0 Å². The van der Waals surface area contributed by atoms with E-state index in [1.807, 2.05) is 0 Å². The largest absolute Gasteiger partial charge is 0.274 e. The van der Waals surface area contributed by atoms with Crippen molar-refractivity contribution in [1.82, 2.24) is 4.31 Å². The normalized spacial score (nSPS) is 20.2. The summed E-state index contributed by atoms with van der Waals surface area (Å²) in [6.45, 7) is 0. The van der Waals surface area contributed by atoms with Gasteiger partial charge in [0.25, 0.3) is 5.91 Å². The Morgan fingerprint density at radius 3 is 1.96 bits per heavy atom. The van der Waals surface area contributed by atoms with E-state index in [4.69, 9.17) is 0 Å². The number of amides is 2. The first-order valence-electron chi connectivity index (χ1n) is 8.70. The third kappa shape index (κ3) is 3.56. The summed E-state index contributed by atoms with van der Waals surface area (Å²) in [5.41, 5.74) is 0.442. The fraction of sp³-hybridized carbons (Fsp3) is 0.263. The molecule has 1 saturated heterocycles. The van der Waals surface area contributed by atoms with Crippen LogP contribution in [0.1, 0.15) is 19.3 Å². The van der Waals surface area contributed by atoms with E-state index in [0.717, 1.165) is 13.8 Å². The summed E-state index contributed by atoms with van der Waals surface area (Å²) >= 11 is 6.62. The van der Waals surface area contributed by atoms with E-state index in [2.05, 4.69) is 31.9 Å². The van der Waals surface area contributed by atoms with Crippen molar-refractivity contribution >= 4 is 59.4 Å². The Labute approximate surface area is 179 Å². The van der Waals surface area contributed by atoms with Crippen molar-refractivity contribution < 1.29 is 18.0 Å². The van der Waals surface area contributed by atoms with Gasteiger partial charge in [-0.3, -0.25) is 9.59 Å². The second-order valence-corrected chi connectivity index (χ2v) is 10.5. The van der Waals surface area contributed by atoms with Crippen molar-refractivity contribution in [2.24, 2.45) is 0 Å². The maximum absolute atomic E-state index is 13.3. The van der Waals surface area contributed by atoms with Crippen LogP contribution in [-0.4, -0.2) is 36.6 Å². The van der Waals surface area contributed by atoms with Gasteiger partial charge >= 0.3 is 0 Å². The van der Waals surface area contributed by atoms with Crippen LogP contribution in [0.3, 0.4) is 0 Å². The molecule has 146 valence electrons. The van der Waals surface area contributed by atoms with Gasteiger partial charge in [0.05, 0.1) is 17.0 Å². The minimum absolute atomic E-state index is 0.116. The molecule has 1 aliphatic carbocycles. The summed E-state index contributed by atoms with van der Waals surface area (Å²) in [6, 6.07) is 11.8. The maximum Gasteiger partial charge on any atom is 0.252 e. The van der Waals surface area contributed by atoms with Gasteiger partial charge in [0.2, 0.25) is 15.9 Å². The van der Waals surface area contributed by atoms with E-state index < -0.39 is 27.9 Å². The molecule has 0 radical (unpaired) electrons. The van der Waals surface area contributed by atoms with E-state index in [0.29, 0.717) is 18.5 Å². The number of imide groups is 1. The molecule has 2 fully saturated rings. The molecular formula is C19H16Br2N2O4S. The zero-order chi connectivity index (χ0) is 20.1. The predicted octanol–water partition coefficient (Wildman–Crippen LogP) is 3.70. The number of halogens is 2. The van der Waals surface area contributed by atoms with Crippen molar-refractivity contribution in [3.63, 3.8) is 0 Å². The van der Waals surface area contributed by atoms with Crippen LogP contribution in [0.2, 0.25) is 0 Å². The molecule has 2 aromatic carbocycles. The van der Waals surface area contributed by atoms with Crippen molar-refractivity contribution in [2.45, 2.75) is 36.2 Å². The van der Waals surface area contributed by atoms with Gasteiger partial charge in [-0.05, 0) is 61.4 Å². The molecule has 1 heterocycles. The lowest BCUT2D eigenvalue weighted by atomic mass is 10.2. The standard InChI is InChI=1S/C19H16Br2N2O4S/c20-12-1-5-14(6-2-12)22-18(24)11-17(19(22)25)23(15-7-8-15)28(26,27)16-9-3-13(21)4-10-16/h1-6,9-10,15,17H,7-8,11H2. The topological polar surface area (TPSA) is 74.8 Å². The molecule has 0 N–H and O–H groups in total. The molecule has 0 aromatic heterocycles. The van der Waals surface area contributed by atoms with Gasteiger partial charge in [-0.1, -0.05) is 31.9 Å². The fourth-order valence-electron chi connectivity index (χ4n) is 3.35. The first-order chi connectivity index (χ1) is 13.3. The minimum atomic E-state index is -3.90. The summed E-state index contributed by atoms with van der Waals surface area (Å²) in [6.07, 6.45) is 1.22. The third-order valence-electron chi connectivity index (χ3n) is 4.81. The summed E-state index contributed by atoms with van der Waals surface area (Å²) in [7, 11) is -3.90. The number of rotatable bonds is 5. The van der Waals surface area contributed by atoms with Gasteiger partial charge < -0.3 is 0 Å². The highest BCUT2D eigenvalue weighted by Crippen LogP contribution is 2.38.